The monoisotopic (exact) mass is 1180 g/mol. The molecule has 7 saturated heterocycles. The number of nitrogens with zero attached hydrogens (tertiary/aromatic N) is 8. The van der Waals surface area contributed by atoms with Crippen LogP contribution >= 0.6 is 23.2 Å². The molecule has 7 aliphatic heterocycles. The highest BCUT2D eigenvalue weighted by Gasteiger charge is 2.50. The van der Waals surface area contributed by atoms with Crippen LogP contribution in [-0.2, 0) is 0 Å². The molecule has 9 heterocycles. The zero-order valence-electron chi connectivity index (χ0n) is 46.5. The quantitative estimate of drug-likeness (QED) is 0.0953. The summed E-state index contributed by atoms with van der Waals surface area (Å²) in [7, 11) is 0. The molecule has 2 aromatic heterocycles. The Hall–Kier alpha value is -6.47. The van der Waals surface area contributed by atoms with E-state index < -0.39 is 23.3 Å². The van der Waals surface area contributed by atoms with Gasteiger partial charge in [0, 0.05) is 111 Å². The van der Waals surface area contributed by atoms with Gasteiger partial charge in [-0.1, -0.05) is 71.7 Å². The van der Waals surface area contributed by atoms with Gasteiger partial charge in [-0.15, -0.1) is 0 Å². The Morgan fingerprint density at radius 2 is 1.21 bits per heavy atom. The van der Waals surface area contributed by atoms with Crippen LogP contribution in [-0.4, -0.2) is 148 Å². The van der Waals surface area contributed by atoms with Gasteiger partial charge < -0.3 is 39.8 Å². The molecule has 8 aromatic rings. The van der Waals surface area contributed by atoms with Crippen LogP contribution < -0.4 is 34.6 Å². The summed E-state index contributed by atoms with van der Waals surface area (Å²) >= 11 is 14.4. The summed E-state index contributed by atoms with van der Waals surface area (Å²) in [5.41, 5.74) is 1.15. The Kier molecular flexibility index (Phi) is 13.2. The largest absolute Gasteiger partial charge is 0.508 e. The van der Waals surface area contributed by atoms with E-state index in [1.165, 1.54) is 0 Å². The second-order valence-electron chi connectivity index (χ2n) is 25.2. The van der Waals surface area contributed by atoms with Crippen LogP contribution in [0.2, 0.25) is 10.0 Å². The van der Waals surface area contributed by atoms with Gasteiger partial charge in [-0.3, -0.25) is 9.80 Å². The average molecular weight is 1180 g/mol. The first-order valence-electron chi connectivity index (χ1n) is 30.1. The first-order valence-corrected chi connectivity index (χ1v) is 30.9. The Morgan fingerprint density at radius 3 is 1.82 bits per heavy atom. The fraction of sp³-hybridized carbons (Fsp3) is 0.446. The molecule has 84 heavy (non-hydrogen) atoms. The van der Waals surface area contributed by atoms with E-state index in [0.29, 0.717) is 97.3 Å². The molecular formula is C65H65Cl2F3N10O4. The van der Waals surface area contributed by atoms with Crippen LogP contribution in [0.1, 0.15) is 64.2 Å². The number of nitrogens with one attached hydrogen (secondary N) is 2. The van der Waals surface area contributed by atoms with Crippen molar-refractivity contribution in [1.29, 1.82) is 0 Å². The van der Waals surface area contributed by atoms with Crippen LogP contribution in [0.25, 0.3) is 65.6 Å². The molecule has 0 amide bonds. The number of benzene rings is 6. The van der Waals surface area contributed by atoms with Crippen molar-refractivity contribution >= 4 is 78.2 Å². The van der Waals surface area contributed by atoms with Gasteiger partial charge in [0.25, 0.3) is 0 Å². The van der Waals surface area contributed by atoms with Crippen molar-refractivity contribution < 1.29 is 32.5 Å². The third kappa shape index (κ3) is 9.56. The zero-order chi connectivity index (χ0) is 56.5. The topological polar surface area (TPSA) is 136 Å². The van der Waals surface area contributed by atoms with Crippen molar-refractivity contribution in [1.82, 2.24) is 40.4 Å². The second kappa shape index (κ2) is 20.9. The smallest absolute Gasteiger partial charge is 0.319 e. The SMILES string of the molecule is Oc1cc(-c2c(Cl)cc3c(N4CC5CCC(C4)N5)nc(OC[C@@H]4CC(Oc5cc(-c6c(Cl)cc7c(N8CC9CCC(C8)N9)nc(OC[C@@]89CCCN8C[C@H](F)C9)nc7c6F)c6ccccc6c5)CN4CC4CC4)nc3c2F)c2ccccc2c1. The zero-order valence-corrected chi connectivity index (χ0v) is 48.0. The van der Waals surface area contributed by atoms with Gasteiger partial charge in [-0.25, -0.2) is 13.2 Å². The van der Waals surface area contributed by atoms with Crippen molar-refractivity contribution in [3.63, 3.8) is 0 Å². The summed E-state index contributed by atoms with van der Waals surface area (Å²) in [4.78, 5) is 28.8. The van der Waals surface area contributed by atoms with E-state index >= 15 is 8.78 Å². The number of ether oxygens (including phenoxy) is 3. The highest BCUT2D eigenvalue weighted by Crippen LogP contribution is 2.47. The van der Waals surface area contributed by atoms with Crippen LogP contribution in [0.4, 0.5) is 24.8 Å². The normalized spacial score (nSPS) is 26.8. The van der Waals surface area contributed by atoms with Gasteiger partial charge in [0.2, 0.25) is 0 Å². The Bertz CT molecular complexity index is 3930. The molecule has 14 nitrogen and oxygen atoms in total. The summed E-state index contributed by atoms with van der Waals surface area (Å²) in [6.45, 7) is 5.95. The van der Waals surface area contributed by atoms with Gasteiger partial charge in [-0.05, 0) is 133 Å². The minimum Gasteiger partial charge on any atom is -0.508 e. The fourth-order valence-electron chi connectivity index (χ4n) is 15.5. The molecule has 8 aliphatic rings. The third-order valence-corrected chi connectivity index (χ3v) is 20.2. The van der Waals surface area contributed by atoms with Gasteiger partial charge in [0.15, 0.2) is 11.6 Å². The predicted octanol–water partition coefficient (Wildman–Crippen LogP) is 11.7. The minimum absolute atomic E-state index is 0.000996. The average Bonchev–Trinajstić information content (AvgIpc) is 2.00. The van der Waals surface area contributed by atoms with Crippen molar-refractivity contribution in [2.24, 2.45) is 5.92 Å². The number of alkyl halides is 1. The standard InChI is InChI=1S/C65H65Cl2F3N10O4/c66-53-23-51-59(57(69)55(53)49-21-44(81)18-36-6-1-3-8-47(36)49)73-63(75-61(51)78-28-39-12-13-40(29-78)71-39)82-33-43-20-46(32-77(43)26-35-10-11-35)84-45-19-37-7-2-4-9-48(37)50(22-45)56-54(67)24-52-60(58(56)70)74-64(76-62(52)79-30-41-14-15-42(31-79)72-41)83-34-65-16-5-17-80(65)27-38(68)25-65/h1-4,6-9,18-19,21-24,35,38-43,46,71-72,81H,5,10-17,20,25-34H2/t38-,39?,40?,41?,42?,43+,46?,65+/m1/s1. The Morgan fingerprint density at radius 1 is 0.643 bits per heavy atom. The number of aromatic hydroxyl groups is 1. The number of phenolic OH excluding ortho intramolecular Hbond substituents is 1. The number of phenols is 1. The molecule has 16 rings (SSSR count). The third-order valence-electron chi connectivity index (χ3n) is 19.6. The van der Waals surface area contributed by atoms with Crippen LogP contribution in [0.15, 0.2) is 84.9 Å². The van der Waals surface area contributed by atoms with Crippen molar-refractivity contribution in [2.45, 2.75) is 112 Å². The number of hydrogen-bond acceptors (Lipinski definition) is 14. The molecule has 0 radical (unpaired) electrons. The number of aromatic nitrogens is 4. The number of halogens is 5. The second-order valence-corrected chi connectivity index (χ2v) is 26.1. The molecule has 8 atom stereocenters. The molecule has 0 spiro atoms. The van der Waals surface area contributed by atoms with Crippen molar-refractivity contribution in [2.75, 3.05) is 75.4 Å². The highest BCUT2D eigenvalue weighted by atomic mass is 35.5. The summed E-state index contributed by atoms with van der Waals surface area (Å²) < 4.78 is 70.7. The van der Waals surface area contributed by atoms with Crippen LogP contribution in [0.3, 0.4) is 0 Å². The molecule has 6 aromatic carbocycles. The number of piperazine rings is 2. The number of anilines is 2. The maximum atomic E-state index is 18.1. The lowest BCUT2D eigenvalue weighted by molar-refractivity contribution is 0.107. The molecule has 3 N–H and O–H groups in total. The summed E-state index contributed by atoms with van der Waals surface area (Å²) in [5.74, 6) is 1.09. The maximum Gasteiger partial charge on any atom is 0.319 e. The highest BCUT2D eigenvalue weighted by molar-refractivity contribution is 6.35. The minimum atomic E-state index is -0.922. The molecule has 19 heteroatoms. The number of likely N-dealkylation sites (tertiary alicyclic amines) is 1. The van der Waals surface area contributed by atoms with E-state index in [-0.39, 0.29) is 99.5 Å². The van der Waals surface area contributed by atoms with E-state index in [1.54, 1.807) is 24.3 Å². The van der Waals surface area contributed by atoms with Crippen LogP contribution in [0.5, 0.6) is 23.5 Å². The maximum absolute atomic E-state index is 18.1. The first-order chi connectivity index (χ1) is 40.9. The number of rotatable bonds is 14. The van der Waals surface area contributed by atoms with E-state index in [2.05, 4.69) is 30.2 Å². The van der Waals surface area contributed by atoms with Gasteiger partial charge in [0.05, 0.1) is 15.6 Å². The lowest BCUT2D eigenvalue weighted by atomic mass is 9.95. The van der Waals surface area contributed by atoms with Gasteiger partial charge in [0.1, 0.15) is 59.7 Å². The van der Waals surface area contributed by atoms with E-state index in [9.17, 15) is 9.50 Å². The fourth-order valence-corrected chi connectivity index (χ4v) is 16.1. The van der Waals surface area contributed by atoms with Crippen LogP contribution in [0, 0.1) is 17.6 Å². The molecular weight excluding hydrogens is 1110 g/mol. The summed E-state index contributed by atoms with van der Waals surface area (Å²) in [5, 5.41) is 22.8. The Labute approximate surface area is 494 Å². The van der Waals surface area contributed by atoms with E-state index in [1.807, 2.05) is 60.7 Å². The molecule has 434 valence electrons. The van der Waals surface area contributed by atoms with E-state index in [4.69, 9.17) is 57.3 Å². The van der Waals surface area contributed by atoms with Gasteiger partial charge in [-0.2, -0.15) is 19.9 Å². The molecule has 8 fully saturated rings. The molecule has 1 saturated carbocycles. The van der Waals surface area contributed by atoms with Crippen molar-refractivity contribution in [3.05, 3.63) is 107 Å². The number of hydrogen-bond donors (Lipinski definition) is 3. The summed E-state index contributed by atoms with van der Waals surface area (Å²) in [6.07, 6.45) is 8.10. The molecule has 5 unspecified atom stereocenters. The summed E-state index contributed by atoms with van der Waals surface area (Å²) in [6, 6.07) is 27.2. The molecule has 4 bridgehead atoms. The van der Waals surface area contributed by atoms with Gasteiger partial charge >= 0.3 is 12.0 Å². The van der Waals surface area contributed by atoms with Crippen molar-refractivity contribution in [3.8, 4) is 45.8 Å². The molecule has 1 aliphatic carbocycles. The lowest BCUT2D eigenvalue weighted by Gasteiger charge is -2.34. The predicted molar refractivity (Wildman–Crippen MR) is 322 cm³/mol. The van der Waals surface area contributed by atoms with E-state index in [0.717, 1.165) is 86.0 Å². The number of fused-ring (bicyclic) bond motifs is 9. The first kappa shape index (κ1) is 53.0. The Balaban J connectivity index is 0.719. The lowest BCUT2D eigenvalue weighted by Crippen LogP contribution is -2.51.